The van der Waals surface area contributed by atoms with Crippen LogP contribution >= 0.6 is 39.1 Å². The van der Waals surface area contributed by atoms with Crippen LogP contribution in [0.25, 0.3) is 11.0 Å². The molecule has 0 bridgehead atoms. The summed E-state index contributed by atoms with van der Waals surface area (Å²) < 4.78 is 12.1. The number of rotatable bonds is 6. The van der Waals surface area contributed by atoms with Gasteiger partial charge in [-0.15, -0.1) is 0 Å². The van der Waals surface area contributed by atoms with Crippen LogP contribution in [0.5, 0.6) is 5.75 Å². The van der Waals surface area contributed by atoms with Crippen molar-refractivity contribution in [3.8, 4) is 5.75 Å². The van der Waals surface area contributed by atoms with Gasteiger partial charge in [0.2, 0.25) is 0 Å². The first-order valence-electron chi connectivity index (χ1n) is 9.18. The van der Waals surface area contributed by atoms with Crippen molar-refractivity contribution in [3.63, 3.8) is 0 Å². The minimum absolute atomic E-state index is 0.198. The van der Waals surface area contributed by atoms with Gasteiger partial charge in [-0.05, 0) is 64.0 Å². The maximum atomic E-state index is 12.2. The molecule has 4 aromatic rings. The second-order valence-corrected chi connectivity index (χ2v) is 8.26. The van der Waals surface area contributed by atoms with Gasteiger partial charge in [0.1, 0.15) is 17.9 Å². The van der Waals surface area contributed by atoms with E-state index in [4.69, 9.17) is 32.4 Å². The predicted octanol–water partition coefficient (Wildman–Crippen LogP) is 6.85. The molecule has 0 radical (unpaired) electrons. The van der Waals surface area contributed by atoms with E-state index < -0.39 is 5.91 Å². The average Bonchev–Trinajstić information content (AvgIpc) is 3.19. The van der Waals surface area contributed by atoms with Crippen molar-refractivity contribution in [1.29, 1.82) is 0 Å². The van der Waals surface area contributed by atoms with Crippen molar-refractivity contribution in [2.45, 2.75) is 6.61 Å². The zero-order valence-corrected chi connectivity index (χ0v) is 19.0. The quantitative estimate of drug-likeness (QED) is 0.225. The molecule has 1 amide bonds. The first kappa shape index (κ1) is 21.4. The summed E-state index contributed by atoms with van der Waals surface area (Å²) in [6.45, 7) is 0.301. The van der Waals surface area contributed by atoms with E-state index in [1.54, 1.807) is 30.3 Å². The van der Waals surface area contributed by atoms with Gasteiger partial charge in [0, 0.05) is 21.0 Å². The third kappa shape index (κ3) is 5.28. The molecule has 0 aliphatic carbocycles. The van der Waals surface area contributed by atoms with Crippen molar-refractivity contribution in [2.24, 2.45) is 5.10 Å². The van der Waals surface area contributed by atoms with Crippen LogP contribution in [0, 0.1) is 0 Å². The normalized spacial score (nSPS) is 11.2. The van der Waals surface area contributed by atoms with Crippen LogP contribution in [0.1, 0.15) is 21.7 Å². The summed E-state index contributed by atoms with van der Waals surface area (Å²) in [6, 6.07) is 19.8. The van der Waals surface area contributed by atoms with Crippen molar-refractivity contribution in [2.75, 3.05) is 0 Å². The molecule has 0 saturated carbocycles. The SMILES string of the molecule is O=C(N/N=C/c1ccc(OCc2ccc(Cl)cc2Cl)c(Br)c1)c1cc2ccccc2o1. The molecule has 5 nitrogen and oxygen atoms in total. The van der Waals surface area contributed by atoms with E-state index in [-0.39, 0.29) is 5.76 Å². The number of halogens is 3. The first-order valence-corrected chi connectivity index (χ1v) is 10.7. The molecule has 1 N–H and O–H groups in total. The van der Waals surface area contributed by atoms with Crippen LogP contribution in [-0.4, -0.2) is 12.1 Å². The molecule has 31 heavy (non-hydrogen) atoms. The summed E-state index contributed by atoms with van der Waals surface area (Å²) in [5, 5.41) is 5.98. The van der Waals surface area contributed by atoms with Gasteiger partial charge in [0.05, 0.1) is 10.7 Å². The number of carbonyl (C=O) groups is 1. The van der Waals surface area contributed by atoms with Gasteiger partial charge in [-0.3, -0.25) is 4.79 Å². The fourth-order valence-corrected chi connectivity index (χ4v) is 3.80. The number of carbonyl (C=O) groups excluding carboxylic acids is 1. The van der Waals surface area contributed by atoms with Gasteiger partial charge in [-0.25, -0.2) is 5.43 Å². The summed E-state index contributed by atoms with van der Waals surface area (Å²) in [5.41, 5.74) is 4.72. The van der Waals surface area contributed by atoms with E-state index >= 15 is 0 Å². The van der Waals surface area contributed by atoms with E-state index in [0.29, 0.717) is 28.0 Å². The molecule has 1 aromatic heterocycles. The van der Waals surface area contributed by atoms with Crippen molar-refractivity contribution in [1.82, 2.24) is 5.43 Å². The molecule has 156 valence electrons. The summed E-state index contributed by atoms with van der Waals surface area (Å²) >= 11 is 15.6. The number of hydrogen-bond donors (Lipinski definition) is 1. The molecule has 0 unspecified atom stereocenters. The Morgan fingerprint density at radius 3 is 2.71 bits per heavy atom. The third-order valence-electron chi connectivity index (χ3n) is 4.38. The lowest BCUT2D eigenvalue weighted by Gasteiger charge is -2.10. The average molecular weight is 518 g/mol. The first-order chi connectivity index (χ1) is 15.0. The van der Waals surface area contributed by atoms with Crippen LogP contribution in [0.15, 0.2) is 80.7 Å². The lowest BCUT2D eigenvalue weighted by Crippen LogP contribution is -2.16. The van der Waals surface area contributed by atoms with Gasteiger partial charge in [0.15, 0.2) is 5.76 Å². The molecule has 0 atom stereocenters. The predicted molar refractivity (Wildman–Crippen MR) is 126 cm³/mol. The van der Waals surface area contributed by atoms with E-state index in [2.05, 4.69) is 26.5 Å². The fourth-order valence-electron chi connectivity index (χ4n) is 2.82. The van der Waals surface area contributed by atoms with Crippen molar-refractivity contribution in [3.05, 3.63) is 98.1 Å². The van der Waals surface area contributed by atoms with Crippen molar-refractivity contribution >= 4 is 62.2 Å². The summed E-state index contributed by atoms with van der Waals surface area (Å²) in [7, 11) is 0. The number of hydrazone groups is 1. The Morgan fingerprint density at radius 2 is 1.94 bits per heavy atom. The molecular weight excluding hydrogens is 503 g/mol. The highest BCUT2D eigenvalue weighted by Crippen LogP contribution is 2.28. The van der Waals surface area contributed by atoms with Crippen LogP contribution < -0.4 is 10.2 Å². The Balaban J connectivity index is 1.37. The third-order valence-corrected chi connectivity index (χ3v) is 5.59. The number of nitrogens with one attached hydrogen (secondary N) is 1. The number of furan rings is 1. The summed E-state index contributed by atoms with van der Waals surface area (Å²) in [5.74, 6) is 0.421. The van der Waals surface area contributed by atoms with Crippen molar-refractivity contribution < 1.29 is 13.9 Å². The Kier molecular flexibility index (Phi) is 6.61. The molecule has 0 aliphatic heterocycles. The number of hydrogen-bond acceptors (Lipinski definition) is 4. The maximum Gasteiger partial charge on any atom is 0.307 e. The Bertz CT molecular complexity index is 1250. The summed E-state index contributed by atoms with van der Waals surface area (Å²) in [4.78, 5) is 12.2. The largest absolute Gasteiger partial charge is 0.488 e. The molecule has 0 fully saturated rings. The van der Waals surface area contributed by atoms with Crippen LogP contribution in [-0.2, 0) is 6.61 Å². The number of benzene rings is 3. The van der Waals surface area contributed by atoms with Gasteiger partial charge >= 0.3 is 5.91 Å². The Morgan fingerprint density at radius 1 is 1.10 bits per heavy atom. The number of amides is 1. The zero-order valence-electron chi connectivity index (χ0n) is 15.9. The maximum absolute atomic E-state index is 12.2. The van der Waals surface area contributed by atoms with Crippen LogP contribution in [0.2, 0.25) is 10.0 Å². The molecule has 8 heteroatoms. The topological polar surface area (TPSA) is 63.8 Å². The molecular formula is C23H15BrCl2N2O3. The standard InChI is InChI=1S/C23H15BrCl2N2O3/c24-18-9-14(5-8-21(18)30-13-16-6-7-17(25)11-19(16)26)12-27-28-23(29)22-10-15-3-1-2-4-20(15)31-22/h1-12H,13H2,(H,28,29)/b27-12+. The van der Waals surface area contributed by atoms with Gasteiger partial charge in [-0.2, -0.15) is 5.10 Å². The van der Waals surface area contributed by atoms with E-state index in [1.165, 1.54) is 6.21 Å². The molecule has 0 spiro atoms. The summed E-state index contributed by atoms with van der Waals surface area (Å²) in [6.07, 6.45) is 1.53. The highest BCUT2D eigenvalue weighted by atomic mass is 79.9. The second kappa shape index (κ2) is 9.56. The van der Waals surface area contributed by atoms with E-state index in [9.17, 15) is 4.79 Å². The van der Waals surface area contributed by atoms with Gasteiger partial charge in [0.25, 0.3) is 0 Å². The monoisotopic (exact) mass is 516 g/mol. The lowest BCUT2D eigenvalue weighted by atomic mass is 10.2. The van der Waals surface area contributed by atoms with Crippen LogP contribution in [0.4, 0.5) is 0 Å². The Labute approximate surface area is 196 Å². The number of ether oxygens (including phenoxy) is 1. The molecule has 3 aromatic carbocycles. The highest BCUT2D eigenvalue weighted by molar-refractivity contribution is 9.10. The minimum Gasteiger partial charge on any atom is -0.488 e. The van der Waals surface area contributed by atoms with Crippen LogP contribution in [0.3, 0.4) is 0 Å². The van der Waals surface area contributed by atoms with Gasteiger partial charge in [-0.1, -0.05) is 47.5 Å². The molecule has 0 saturated heterocycles. The molecule has 4 rings (SSSR count). The Hall–Kier alpha value is -2.80. The molecule has 1 heterocycles. The number of nitrogens with zero attached hydrogens (tertiary/aromatic N) is 1. The molecule has 0 aliphatic rings. The zero-order chi connectivity index (χ0) is 21.8. The van der Waals surface area contributed by atoms with Gasteiger partial charge < -0.3 is 9.15 Å². The van der Waals surface area contributed by atoms with E-state index in [0.717, 1.165) is 21.0 Å². The highest BCUT2D eigenvalue weighted by Gasteiger charge is 2.11. The minimum atomic E-state index is -0.425. The number of para-hydroxylation sites is 1. The smallest absolute Gasteiger partial charge is 0.307 e. The fraction of sp³-hybridized carbons (Fsp3) is 0.0435. The number of fused-ring (bicyclic) bond motifs is 1. The van der Waals surface area contributed by atoms with E-state index in [1.807, 2.05) is 36.4 Å². The lowest BCUT2D eigenvalue weighted by molar-refractivity contribution is 0.0929. The second-order valence-electron chi connectivity index (χ2n) is 6.56.